The third kappa shape index (κ3) is 4.84. The number of anilines is 1. The van der Waals surface area contributed by atoms with Crippen molar-refractivity contribution in [3.8, 4) is 5.75 Å². The number of carbonyl (C=O) groups is 2. The van der Waals surface area contributed by atoms with Gasteiger partial charge >= 0.3 is 6.03 Å². The molecule has 0 bridgehead atoms. The minimum absolute atomic E-state index is 0.00501. The second-order valence-electron chi connectivity index (χ2n) is 5.56. The third-order valence-electron chi connectivity index (χ3n) is 3.75. The summed E-state index contributed by atoms with van der Waals surface area (Å²) < 4.78 is 5.68. The highest BCUT2D eigenvalue weighted by atomic mass is 16.5. The normalized spacial score (nSPS) is 10.1. The van der Waals surface area contributed by atoms with Gasteiger partial charge in [0.1, 0.15) is 12.4 Å². The van der Waals surface area contributed by atoms with E-state index in [1.807, 2.05) is 32.0 Å². The summed E-state index contributed by atoms with van der Waals surface area (Å²) in [6.07, 6.45) is 0. The van der Waals surface area contributed by atoms with E-state index in [1.165, 1.54) is 12.5 Å². The minimum Gasteiger partial charge on any atom is -0.491 e. The van der Waals surface area contributed by atoms with Crippen molar-refractivity contribution in [3.63, 3.8) is 0 Å². The van der Waals surface area contributed by atoms with Crippen molar-refractivity contribution in [1.82, 2.24) is 5.32 Å². The molecule has 0 spiro atoms. The average molecular weight is 326 g/mol. The van der Waals surface area contributed by atoms with Crippen molar-refractivity contribution in [2.45, 2.75) is 20.8 Å². The van der Waals surface area contributed by atoms with Crippen molar-refractivity contribution < 1.29 is 14.3 Å². The van der Waals surface area contributed by atoms with Crippen LogP contribution in [0.4, 0.5) is 10.5 Å². The number of hydrogen-bond acceptors (Lipinski definition) is 3. The Morgan fingerprint density at radius 2 is 1.75 bits per heavy atom. The minimum atomic E-state index is -0.310. The molecule has 24 heavy (non-hydrogen) atoms. The van der Waals surface area contributed by atoms with Gasteiger partial charge in [-0.15, -0.1) is 0 Å². The quantitative estimate of drug-likeness (QED) is 0.628. The predicted molar refractivity (Wildman–Crippen MR) is 94.9 cm³/mol. The lowest BCUT2D eigenvalue weighted by Crippen LogP contribution is -2.32. The lowest BCUT2D eigenvalue weighted by molar-refractivity contribution is 0.101. The van der Waals surface area contributed by atoms with Crippen LogP contribution >= 0.6 is 0 Å². The SMILES string of the molecule is CC(=O)c1ccc(NC(=O)NCCOc2cccc(C)c2C)cc1. The molecule has 0 aromatic heterocycles. The zero-order chi connectivity index (χ0) is 17.5. The Labute approximate surface area is 142 Å². The van der Waals surface area contributed by atoms with Gasteiger partial charge in [-0.05, 0) is 62.2 Å². The Morgan fingerprint density at radius 1 is 1.04 bits per heavy atom. The number of hydrogen-bond donors (Lipinski definition) is 2. The molecule has 2 amide bonds. The van der Waals surface area contributed by atoms with Crippen LogP contribution in [0.3, 0.4) is 0 Å². The number of rotatable bonds is 6. The van der Waals surface area contributed by atoms with Crippen LogP contribution in [0.25, 0.3) is 0 Å². The number of benzene rings is 2. The average Bonchev–Trinajstić information content (AvgIpc) is 2.55. The van der Waals surface area contributed by atoms with Crippen molar-refractivity contribution in [2.24, 2.45) is 0 Å². The number of Topliss-reactive ketones (excluding diaryl/α,β-unsaturated/α-hetero) is 1. The monoisotopic (exact) mass is 326 g/mol. The Morgan fingerprint density at radius 3 is 2.42 bits per heavy atom. The van der Waals surface area contributed by atoms with Crippen LogP contribution in [-0.4, -0.2) is 25.0 Å². The summed E-state index contributed by atoms with van der Waals surface area (Å²) in [7, 11) is 0. The standard InChI is InChI=1S/C19H22N2O3/c1-13-5-4-6-18(14(13)2)24-12-11-20-19(23)21-17-9-7-16(8-10-17)15(3)22/h4-10H,11-12H2,1-3H3,(H2,20,21,23). The van der Waals surface area contributed by atoms with Crippen LogP contribution < -0.4 is 15.4 Å². The van der Waals surface area contributed by atoms with Crippen LogP contribution in [0.15, 0.2) is 42.5 Å². The molecule has 0 radical (unpaired) electrons. The number of nitrogens with one attached hydrogen (secondary N) is 2. The molecular weight excluding hydrogens is 304 g/mol. The topological polar surface area (TPSA) is 67.4 Å². The number of aryl methyl sites for hydroxylation is 1. The van der Waals surface area contributed by atoms with Gasteiger partial charge in [-0.2, -0.15) is 0 Å². The van der Waals surface area contributed by atoms with Crippen molar-refractivity contribution >= 4 is 17.5 Å². The smallest absolute Gasteiger partial charge is 0.319 e. The summed E-state index contributed by atoms with van der Waals surface area (Å²) in [6, 6.07) is 12.3. The zero-order valence-corrected chi connectivity index (χ0v) is 14.2. The highest BCUT2D eigenvalue weighted by molar-refractivity contribution is 5.95. The molecule has 0 saturated heterocycles. The first-order valence-corrected chi connectivity index (χ1v) is 7.82. The fourth-order valence-corrected chi connectivity index (χ4v) is 2.17. The first-order chi connectivity index (χ1) is 11.5. The van der Waals surface area contributed by atoms with Gasteiger partial charge in [-0.3, -0.25) is 4.79 Å². The molecule has 0 fully saturated rings. The van der Waals surface area contributed by atoms with Crippen molar-refractivity contribution in [3.05, 3.63) is 59.2 Å². The lowest BCUT2D eigenvalue weighted by atomic mass is 10.1. The first kappa shape index (κ1) is 17.5. The largest absolute Gasteiger partial charge is 0.491 e. The van der Waals surface area contributed by atoms with Crippen LogP contribution in [0.2, 0.25) is 0 Å². The molecule has 0 aliphatic heterocycles. The van der Waals surface area contributed by atoms with E-state index in [0.717, 1.165) is 11.3 Å². The van der Waals surface area contributed by atoms with Gasteiger partial charge in [0.25, 0.3) is 0 Å². The first-order valence-electron chi connectivity index (χ1n) is 7.82. The van der Waals surface area contributed by atoms with Crippen molar-refractivity contribution in [1.29, 1.82) is 0 Å². The van der Waals surface area contributed by atoms with Gasteiger partial charge < -0.3 is 15.4 Å². The van der Waals surface area contributed by atoms with Gasteiger partial charge in [0.2, 0.25) is 0 Å². The highest BCUT2D eigenvalue weighted by Crippen LogP contribution is 2.20. The number of carbonyl (C=O) groups excluding carboxylic acids is 2. The summed E-state index contributed by atoms with van der Waals surface area (Å²) in [6.45, 7) is 6.33. The summed E-state index contributed by atoms with van der Waals surface area (Å²) in [4.78, 5) is 23.0. The van der Waals surface area contributed by atoms with Crippen LogP contribution in [0, 0.1) is 13.8 Å². The molecule has 2 rings (SSSR count). The molecule has 0 heterocycles. The third-order valence-corrected chi connectivity index (χ3v) is 3.75. The second kappa shape index (κ2) is 8.15. The molecule has 126 valence electrons. The molecule has 0 aliphatic carbocycles. The van der Waals surface area contributed by atoms with Crippen LogP contribution in [0.1, 0.15) is 28.4 Å². The van der Waals surface area contributed by atoms with Gasteiger partial charge in [0.05, 0.1) is 6.54 Å². The predicted octanol–water partition coefficient (Wildman–Crippen LogP) is 3.71. The lowest BCUT2D eigenvalue weighted by Gasteiger charge is -2.12. The maximum Gasteiger partial charge on any atom is 0.319 e. The number of ketones is 1. The molecule has 5 heteroatoms. The molecule has 2 N–H and O–H groups in total. The Bertz CT molecular complexity index is 724. The molecule has 0 unspecified atom stereocenters. The van der Waals surface area contributed by atoms with Gasteiger partial charge in [-0.1, -0.05) is 12.1 Å². The number of ether oxygens (including phenoxy) is 1. The molecule has 0 atom stereocenters. The fourth-order valence-electron chi connectivity index (χ4n) is 2.17. The molecular formula is C19H22N2O3. The fraction of sp³-hybridized carbons (Fsp3) is 0.263. The summed E-state index contributed by atoms with van der Waals surface area (Å²) in [5.74, 6) is 0.826. The maximum absolute atomic E-state index is 11.8. The molecule has 5 nitrogen and oxygen atoms in total. The van der Waals surface area contributed by atoms with Gasteiger partial charge in [-0.25, -0.2) is 4.79 Å². The zero-order valence-electron chi connectivity index (χ0n) is 14.2. The molecule has 0 saturated carbocycles. The summed E-state index contributed by atoms with van der Waals surface area (Å²) in [5.41, 5.74) is 3.52. The van der Waals surface area contributed by atoms with Crippen molar-refractivity contribution in [2.75, 3.05) is 18.5 Å². The van der Waals surface area contributed by atoms with E-state index in [0.29, 0.717) is 24.4 Å². The Kier molecular flexibility index (Phi) is 5.95. The Balaban J connectivity index is 1.75. The summed E-state index contributed by atoms with van der Waals surface area (Å²) >= 11 is 0. The van der Waals surface area contributed by atoms with E-state index in [9.17, 15) is 9.59 Å². The van der Waals surface area contributed by atoms with E-state index >= 15 is 0 Å². The van der Waals surface area contributed by atoms with Gasteiger partial charge in [0.15, 0.2) is 5.78 Å². The van der Waals surface area contributed by atoms with E-state index in [2.05, 4.69) is 10.6 Å². The van der Waals surface area contributed by atoms with Gasteiger partial charge in [0, 0.05) is 11.3 Å². The van der Waals surface area contributed by atoms with E-state index in [4.69, 9.17) is 4.74 Å². The number of amides is 2. The van der Waals surface area contributed by atoms with Crippen LogP contribution in [0.5, 0.6) is 5.75 Å². The number of urea groups is 1. The van der Waals surface area contributed by atoms with E-state index in [-0.39, 0.29) is 11.8 Å². The van der Waals surface area contributed by atoms with E-state index in [1.54, 1.807) is 24.3 Å². The maximum atomic E-state index is 11.8. The molecule has 2 aromatic carbocycles. The second-order valence-corrected chi connectivity index (χ2v) is 5.56. The Hall–Kier alpha value is -2.82. The molecule has 0 aliphatic rings. The van der Waals surface area contributed by atoms with Crippen LogP contribution in [-0.2, 0) is 0 Å². The summed E-state index contributed by atoms with van der Waals surface area (Å²) in [5, 5.41) is 5.44. The van der Waals surface area contributed by atoms with E-state index < -0.39 is 0 Å². The molecule has 2 aromatic rings. The highest BCUT2D eigenvalue weighted by Gasteiger charge is 2.04.